The van der Waals surface area contributed by atoms with Gasteiger partial charge in [0.2, 0.25) is 0 Å². The Labute approximate surface area is 169 Å². The second kappa shape index (κ2) is 8.22. The predicted octanol–water partition coefficient (Wildman–Crippen LogP) is 2.25. The molecule has 150 valence electrons. The molecule has 1 amide bonds. The lowest BCUT2D eigenvalue weighted by atomic mass is 10.1. The maximum absolute atomic E-state index is 13.0. The molecule has 1 saturated heterocycles. The first kappa shape index (κ1) is 18.8. The Kier molecular flexibility index (Phi) is 5.33. The zero-order valence-electron chi connectivity index (χ0n) is 16.5. The van der Waals surface area contributed by atoms with Crippen molar-refractivity contribution in [3.63, 3.8) is 0 Å². The Morgan fingerprint density at radius 1 is 0.931 bits per heavy atom. The minimum atomic E-state index is -0.0592. The van der Waals surface area contributed by atoms with E-state index in [1.165, 1.54) is 0 Å². The van der Waals surface area contributed by atoms with E-state index in [0.29, 0.717) is 43.2 Å². The number of para-hydroxylation sites is 1. The van der Waals surface area contributed by atoms with Crippen molar-refractivity contribution >= 4 is 11.7 Å². The van der Waals surface area contributed by atoms with Crippen molar-refractivity contribution in [3.8, 4) is 17.3 Å². The zero-order chi connectivity index (χ0) is 20.2. The number of piperazine rings is 1. The molecular formula is C21H23N5O3. The number of anilines is 1. The van der Waals surface area contributed by atoms with Gasteiger partial charge in [0.25, 0.3) is 5.91 Å². The highest BCUT2D eigenvalue weighted by Crippen LogP contribution is 2.31. The van der Waals surface area contributed by atoms with Gasteiger partial charge in [-0.1, -0.05) is 6.07 Å². The Morgan fingerprint density at radius 2 is 1.66 bits per heavy atom. The summed E-state index contributed by atoms with van der Waals surface area (Å²) in [7, 11) is 3.11. The molecule has 0 unspecified atom stereocenters. The van der Waals surface area contributed by atoms with E-state index in [4.69, 9.17) is 9.47 Å². The van der Waals surface area contributed by atoms with Gasteiger partial charge in [0.1, 0.15) is 18.0 Å². The summed E-state index contributed by atoms with van der Waals surface area (Å²) in [6.45, 7) is 2.59. The lowest BCUT2D eigenvalue weighted by Gasteiger charge is -2.35. The molecule has 8 nitrogen and oxygen atoms in total. The number of aromatic nitrogens is 3. The first-order chi connectivity index (χ1) is 14.2. The van der Waals surface area contributed by atoms with E-state index < -0.39 is 0 Å². The molecular weight excluding hydrogens is 370 g/mol. The summed E-state index contributed by atoms with van der Waals surface area (Å²) in [5.41, 5.74) is 0.511. The van der Waals surface area contributed by atoms with Crippen LogP contribution in [0.1, 0.15) is 10.4 Å². The van der Waals surface area contributed by atoms with Crippen LogP contribution in [0.5, 0.6) is 11.5 Å². The number of carbonyl (C=O) groups excluding carboxylic acids is 1. The van der Waals surface area contributed by atoms with Crippen molar-refractivity contribution in [2.45, 2.75) is 0 Å². The Bertz CT molecular complexity index is 982. The fraction of sp³-hybridized carbons (Fsp3) is 0.286. The standard InChI is InChI=1S/C21H23N5O3/c1-28-17-7-5-6-16(20(17)29-2)21(27)26-12-10-25(11-13-26)19-14-18(22-15-23-19)24-8-3-4-9-24/h3-9,14-15H,10-13H2,1-2H3. The molecule has 2 aromatic heterocycles. The number of methoxy groups -OCH3 is 2. The van der Waals surface area contributed by atoms with Crippen LogP contribution in [-0.4, -0.2) is 65.7 Å². The van der Waals surface area contributed by atoms with Crippen LogP contribution in [0.3, 0.4) is 0 Å². The first-order valence-electron chi connectivity index (χ1n) is 9.42. The number of ether oxygens (including phenoxy) is 2. The van der Waals surface area contributed by atoms with Gasteiger partial charge in [-0.05, 0) is 24.3 Å². The number of hydrogen-bond acceptors (Lipinski definition) is 6. The van der Waals surface area contributed by atoms with Crippen LogP contribution in [0.2, 0.25) is 0 Å². The van der Waals surface area contributed by atoms with Crippen LogP contribution >= 0.6 is 0 Å². The van der Waals surface area contributed by atoms with Gasteiger partial charge in [0.15, 0.2) is 11.5 Å². The molecule has 0 aliphatic carbocycles. The molecule has 29 heavy (non-hydrogen) atoms. The fourth-order valence-corrected chi connectivity index (χ4v) is 3.50. The molecule has 1 aromatic carbocycles. The zero-order valence-corrected chi connectivity index (χ0v) is 16.5. The van der Waals surface area contributed by atoms with Gasteiger partial charge in [-0.25, -0.2) is 9.97 Å². The molecule has 0 bridgehead atoms. The van der Waals surface area contributed by atoms with E-state index in [2.05, 4.69) is 14.9 Å². The topological polar surface area (TPSA) is 72.7 Å². The molecule has 1 aliphatic rings. The van der Waals surface area contributed by atoms with Crippen LogP contribution in [0.4, 0.5) is 5.82 Å². The molecule has 3 heterocycles. The second-order valence-electron chi connectivity index (χ2n) is 6.65. The highest BCUT2D eigenvalue weighted by molar-refractivity contribution is 5.98. The lowest BCUT2D eigenvalue weighted by Crippen LogP contribution is -2.49. The molecule has 0 spiro atoms. The summed E-state index contributed by atoms with van der Waals surface area (Å²) in [5.74, 6) is 2.63. The van der Waals surface area contributed by atoms with Gasteiger partial charge in [-0.15, -0.1) is 0 Å². The minimum absolute atomic E-state index is 0.0592. The van der Waals surface area contributed by atoms with E-state index >= 15 is 0 Å². The van der Waals surface area contributed by atoms with Crippen molar-refractivity contribution < 1.29 is 14.3 Å². The van der Waals surface area contributed by atoms with Gasteiger partial charge in [-0.3, -0.25) is 4.79 Å². The summed E-state index contributed by atoms with van der Waals surface area (Å²) < 4.78 is 12.7. The van der Waals surface area contributed by atoms with E-state index in [-0.39, 0.29) is 5.91 Å². The number of hydrogen-bond donors (Lipinski definition) is 0. The Morgan fingerprint density at radius 3 is 2.34 bits per heavy atom. The van der Waals surface area contributed by atoms with Crippen LogP contribution in [0, 0.1) is 0 Å². The van der Waals surface area contributed by atoms with Gasteiger partial charge < -0.3 is 23.8 Å². The maximum atomic E-state index is 13.0. The predicted molar refractivity (Wildman–Crippen MR) is 109 cm³/mol. The summed E-state index contributed by atoms with van der Waals surface area (Å²) in [5, 5.41) is 0. The van der Waals surface area contributed by atoms with Crippen molar-refractivity contribution in [1.29, 1.82) is 0 Å². The number of carbonyl (C=O) groups is 1. The summed E-state index contributed by atoms with van der Waals surface area (Å²) >= 11 is 0. The van der Waals surface area contributed by atoms with E-state index in [0.717, 1.165) is 11.6 Å². The molecule has 8 heteroatoms. The van der Waals surface area contributed by atoms with E-state index in [1.54, 1.807) is 38.7 Å². The summed E-state index contributed by atoms with van der Waals surface area (Å²) in [6.07, 6.45) is 5.47. The van der Waals surface area contributed by atoms with E-state index in [1.807, 2.05) is 40.1 Å². The lowest BCUT2D eigenvalue weighted by molar-refractivity contribution is 0.0742. The van der Waals surface area contributed by atoms with Crippen molar-refractivity contribution in [2.75, 3.05) is 45.3 Å². The molecule has 0 saturated carbocycles. The second-order valence-corrected chi connectivity index (χ2v) is 6.65. The number of rotatable bonds is 5. The third-order valence-corrected chi connectivity index (χ3v) is 5.03. The summed E-state index contributed by atoms with van der Waals surface area (Å²) in [4.78, 5) is 25.8. The third kappa shape index (κ3) is 3.73. The molecule has 0 atom stereocenters. The van der Waals surface area contributed by atoms with Crippen LogP contribution in [0.15, 0.2) is 55.1 Å². The highest BCUT2D eigenvalue weighted by Gasteiger charge is 2.26. The van der Waals surface area contributed by atoms with E-state index in [9.17, 15) is 4.79 Å². The highest BCUT2D eigenvalue weighted by atomic mass is 16.5. The van der Waals surface area contributed by atoms with Crippen LogP contribution in [0.25, 0.3) is 5.82 Å². The van der Waals surface area contributed by atoms with Gasteiger partial charge >= 0.3 is 0 Å². The molecule has 0 N–H and O–H groups in total. The maximum Gasteiger partial charge on any atom is 0.257 e. The molecule has 4 rings (SSSR count). The largest absolute Gasteiger partial charge is 0.493 e. The molecule has 0 radical (unpaired) electrons. The third-order valence-electron chi connectivity index (χ3n) is 5.03. The summed E-state index contributed by atoms with van der Waals surface area (Å²) in [6, 6.07) is 11.2. The normalized spacial score (nSPS) is 14.0. The first-order valence-corrected chi connectivity index (χ1v) is 9.42. The van der Waals surface area contributed by atoms with Crippen molar-refractivity contribution in [2.24, 2.45) is 0 Å². The quantitative estimate of drug-likeness (QED) is 0.662. The number of amides is 1. The average Bonchev–Trinajstić information content (AvgIpc) is 3.33. The van der Waals surface area contributed by atoms with Gasteiger partial charge in [0, 0.05) is 44.6 Å². The van der Waals surface area contributed by atoms with Crippen LogP contribution in [-0.2, 0) is 0 Å². The van der Waals surface area contributed by atoms with Crippen LogP contribution < -0.4 is 14.4 Å². The van der Waals surface area contributed by atoms with Crippen molar-refractivity contribution in [1.82, 2.24) is 19.4 Å². The van der Waals surface area contributed by atoms with Gasteiger partial charge in [0.05, 0.1) is 19.8 Å². The minimum Gasteiger partial charge on any atom is -0.493 e. The number of benzene rings is 1. The monoisotopic (exact) mass is 393 g/mol. The van der Waals surface area contributed by atoms with Gasteiger partial charge in [-0.2, -0.15) is 0 Å². The van der Waals surface area contributed by atoms with Crippen molar-refractivity contribution in [3.05, 3.63) is 60.7 Å². The smallest absolute Gasteiger partial charge is 0.257 e. The fourth-order valence-electron chi connectivity index (χ4n) is 3.50. The Balaban J connectivity index is 1.46. The molecule has 3 aromatic rings. The average molecular weight is 393 g/mol. The Hall–Kier alpha value is -3.55. The SMILES string of the molecule is COc1cccc(C(=O)N2CCN(c3cc(-n4cccc4)ncn3)CC2)c1OC. The molecule has 1 aliphatic heterocycles. The molecule has 1 fully saturated rings. The number of nitrogens with zero attached hydrogens (tertiary/aromatic N) is 5.